The van der Waals surface area contributed by atoms with Crippen LogP contribution >= 0.6 is 0 Å². The van der Waals surface area contributed by atoms with Crippen LogP contribution in [-0.2, 0) is 14.2 Å². The zero-order valence-electron chi connectivity index (χ0n) is 14.9. The Hall–Kier alpha value is -0.200. The average Bonchev–Trinajstić information content (AvgIpc) is 2.41. The van der Waals surface area contributed by atoms with Gasteiger partial charge in [-0.25, -0.2) is 0 Å². The van der Waals surface area contributed by atoms with E-state index in [0.29, 0.717) is 13.2 Å². The molecule has 0 N–H and O–H groups in total. The predicted molar refractivity (Wildman–Crippen MR) is 88.0 cm³/mol. The number of ether oxygens (including phenoxy) is 3. The normalized spacial score (nSPS) is 14.9. The van der Waals surface area contributed by atoms with Crippen molar-refractivity contribution in [2.45, 2.75) is 38.9 Å². The Labute approximate surface area is 131 Å². The Morgan fingerprint density at radius 3 is 1.38 bits per heavy atom. The van der Waals surface area contributed by atoms with Crippen molar-refractivity contribution in [3.05, 3.63) is 0 Å². The topological polar surface area (TPSA) is 34.2 Å². The Bertz CT molecular complexity index is 204. The van der Waals surface area contributed by atoms with Crippen molar-refractivity contribution in [1.29, 1.82) is 0 Å². The van der Waals surface area contributed by atoms with Crippen molar-refractivity contribution in [3.63, 3.8) is 0 Å². The Kier molecular flexibility index (Phi) is 13.3. The van der Waals surface area contributed by atoms with E-state index in [0.717, 1.165) is 39.1 Å². The van der Waals surface area contributed by atoms with E-state index in [1.807, 2.05) is 13.8 Å². The molecule has 5 nitrogen and oxygen atoms in total. The molecule has 2 unspecified atom stereocenters. The molecule has 0 saturated heterocycles. The van der Waals surface area contributed by atoms with Crippen molar-refractivity contribution >= 4 is 0 Å². The lowest BCUT2D eigenvalue weighted by Crippen LogP contribution is -2.30. The van der Waals surface area contributed by atoms with Gasteiger partial charge in [0.1, 0.15) is 0 Å². The molecule has 0 radical (unpaired) electrons. The fraction of sp³-hybridized carbons (Fsp3) is 1.00. The van der Waals surface area contributed by atoms with Crippen LogP contribution in [-0.4, -0.2) is 89.7 Å². The van der Waals surface area contributed by atoms with E-state index in [-0.39, 0.29) is 12.2 Å². The summed E-state index contributed by atoms with van der Waals surface area (Å²) in [6.45, 7) is 8.85. The third-order valence-electron chi connectivity index (χ3n) is 3.21. The molecule has 0 rings (SSSR count). The molecule has 0 aromatic heterocycles. The largest absolute Gasteiger partial charge is 0.376 e. The first kappa shape index (κ1) is 20.8. The molecule has 2 atom stereocenters. The molecule has 0 aliphatic heterocycles. The van der Waals surface area contributed by atoms with Gasteiger partial charge in [0.15, 0.2) is 0 Å². The lowest BCUT2D eigenvalue weighted by Gasteiger charge is -2.22. The molecule has 0 aliphatic carbocycles. The van der Waals surface area contributed by atoms with E-state index in [2.05, 4.69) is 38.0 Å². The summed E-state index contributed by atoms with van der Waals surface area (Å²) in [4.78, 5) is 4.35. The van der Waals surface area contributed by atoms with Gasteiger partial charge in [-0.05, 0) is 54.9 Å². The Balaban J connectivity index is 3.99. The summed E-state index contributed by atoms with van der Waals surface area (Å²) in [6, 6.07) is 0. The van der Waals surface area contributed by atoms with Crippen molar-refractivity contribution in [3.8, 4) is 0 Å². The Morgan fingerprint density at radius 1 is 0.714 bits per heavy atom. The third-order valence-corrected chi connectivity index (χ3v) is 3.21. The number of hydrogen-bond acceptors (Lipinski definition) is 5. The smallest absolute Gasteiger partial charge is 0.0820 e. The molecule has 21 heavy (non-hydrogen) atoms. The minimum atomic E-state index is 0.175. The molecule has 0 aromatic rings. The summed E-state index contributed by atoms with van der Waals surface area (Å²) in [7, 11) is 8.32. The maximum Gasteiger partial charge on any atom is 0.0820 e. The summed E-state index contributed by atoms with van der Waals surface area (Å²) in [5.41, 5.74) is 0. The maximum atomic E-state index is 5.84. The molecule has 5 heteroatoms. The van der Waals surface area contributed by atoms with Gasteiger partial charge in [0.25, 0.3) is 0 Å². The van der Waals surface area contributed by atoms with E-state index in [4.69, 9.17) is 14.2 Å². The molecular formula is C16H36N2O3. The fourth-order valence-electron chi connectivity index (χ4n) is 2.04. The Morgan fingerprint density at radius 2 is 1.10 bits per heavy atom. The lowest BCUT2D eigenvalue weighted by molar-refractivity contribution is -0.0589. The second-order valence-electron chi connectivity index (χ2n) is 5.88. The standard InChI is InChI=1S/C16H36N2O3/c1-7-20-15(9-11-17(3)4)13-19-14-16(21-8-2)10-12-18(5)6/h15-16H,7-14H2,1-6H3. The lowest BCUT2D eigenvalue weighted by atomic mass is 10.2. The van der Waals surface area contributed by atoms with Crippen LogP contribution in [0, 0.1) is 0 Å². The molecule has 0 spiro atoms. The maximum absolute atomic E-state index is 5.84. The summed E-state index contributed by atoms with van der Waals surface area (Å²) >= 11 is 0. The van der Waals surface area contributed by atoms with Crippen molar-refractivity contribution in [1.82, 2.24) is 9.80 Å². The first-order chi connectivity index (χ1) is 9.99. The van der Waals surface area contributed by atoms with Crippen LogP contribution in [0.4, 0.5) is 0 Å². The molecule has 0 bridgehead atoms. The number of nitrogens with zero attached hydrogens (tertiary/aromatic N) is 2. The van der Waals surface area contributed by atoms with Gasteiger partial charge in [-0.2, -0.15) is 0 Å². The summed E-state index contributed by atoms with van der Waals surface area (Å²) in [5, 5.41) is 0. The van der Waals surface area contributed by atoms with Crippen LogP contribution in [0.2, 0.25) is 0 Å². The van der Waals surface area contributed by atoms with Crippen LogP contribution in [0.25, 0.3) is 0 Å². The zero-order chi connectivity index (χ0) is 16.1. The van der Waals surface area contributed by atoms with Crippen LogP contribution in [0.15, 0.2) is 0 Å². The highest BCUT2D eigenvalue weighted by atomic mass is 16.6. The van der Waals surface area contributed by atoms with Gasteiger partial charge < -0.3 is 24.0 Å². The van der Waals surface area contributed by atoms with Gasteiger partial charge in [-0.15, -0.1) is 0 Å². The summed E-state index contributed by atoms with van der Waals surface area (Å²) in [5.74, 6) is 0. The van der Waals surface area contributed by atoms with Crippen LogP contribution in [0.3, 0.4) is 0 Å². The van der Waals surface area contributed by atoms with Crippen LogP contribution < -0.4 is 0 Å². The average molecular weight is 304 g/mol. The van der Waals surface area contributed by atoms with Crippen molar-refractivity contribution in [2.24, 2.45) is 0 Å². The highest BCUT2D eigenvalue weighted by Crippen LogP contribution is 2.05. The second kappa shape index (κ2) is 13.5. The molecule has 0 saturated carbocycles. The van der Waals surface area contributed by atoms with Crippen LogP contribution in [0.1, 0.15) is 26.7 Å². The van der Waals surface area contributed by atoms with Gasteiger partial charge in [-0.1, -0.05) is 0 Å². The van der Waals surface area contributed by atoms with E-state index in [1.165, 1.54) is 0 Å². The number of hydrogen-bond donors (Lipinski definition) is 0. The number of rotatable bonds is 14. The second-order valence-corrected chi connectivity index (χ2v) is 5.88. The zero-order valence-corrected chi connectivity index (χ0v) is 14.9. The first-order valence-corrected chi connectivity index (χ1v) is 8.09. The molecular weight excluding hydrogens is 268 g/mol. The monoisotopic (exact) mass is 304 g/mol. The SMILES string of the molecule is CCOC(CCN(C)C)COCC(CCN(C)C)OCC. The highest BCUT2D eigenvalue weighted by molar-refractivity contribution is 4.63. The van der Waals surface area contributed by atoms with Gasteiger partial charge in [0, 0.05) is 26.3 Å². The third kappa shape index (κ3) is 13.2. The van der Waals surface area contributed by atoms with Crippen LogP contribution in [0.5, 0.6) is 0 Å². The summed E-state index contributed by atoms with van der Waals surface area (Å²) < 4.78 is 17.3. The van der Waals surface area contributed by atoms with Crippen molar-refractivity contribution in [2.75, 3.05) is 67.7 Å². The minimum Gasteiger partial charge on any atom is -0.376 e. The van der Waals surface area contributed by atoms with E-state index < -0.39 is 0 Å². The van der Waals surface area contributed by atoms with Gasteiger partial charge >= 0.3 is 0 Å². The molecule has 0 aromatic carbocycles. The highest BCUT2D eigenvalue weighted by Gasteiger charge is 2.13. The van der Waals surface area contributed by atoms with E-state index in [1.54, 1.807) is 0 Å². The minimum absolute atomic E-state index is 0.175. The van der Waals surface area contributed by atoms with E-state index >= 15 is 0 Å². The summed E-state index contributed by atoms with van der Waals surface area (Å²) in [6.07, 6.45) is 2.34. The molecule has 0 fully saturated rings. The fourth-order valence-corrected chi connectivity index (χ4v) is 2.04. The van der Waals surface area contributed by atoms with Gasteiger partial charge in [-0.3, -0.25) is 0 Å². The first-order valence-electron chi connectivity index (χ1n) is 8.09. The van der Waals surface area contributed by atoms with Crippen molar-refractivity contribution < 1.29 is 14.2 Å². The van der Waals surface area contributed by atoms with Gasteiger partial charge in [0.2, 0.25) is 0 Å². The molecule has 0 amide bonds. The molecule has 0 heterocycles. The molecule has 128 valence electrons. The van der Waals surface area contributed by atoms with Gasteiger partial charge in [0.05, 0.1) is 25.4 Å². The molecule has 0 aliphatic rings. The predicted octanol–water partition coefficient (Wildman–Crippen LogP) is 1.72. The quantitative estimate of drug-likeness (QED) is 0.488. The van der Waals surface area contributed by atoms with E-state index in [9.17, 15) is 0 Å².